The molecule has 0 radical (unpaired) electrons. The smallest absolute Gasteiger partial charge is 0.418 e. The summed E-state index contributed by atoms with van der Waals surface area (Å²) in [5.41, 5.74) is -1.21. The number of nitrogens with zero attached hydrogens (tertiary/aromatic N) is 4. The summed E-state index contributed by atoms with van der Waals surface area (Å²) < 4.78 is 46.8. The molecule has 1 aliphatic heterocycles. The van der Waals surface area contributed by atoms with Crippen LogP contribution in [0.3, 0.4) is 0 Å². The zero-order valence-corrected chi connectivity index (χ0v) is 15.6. The lowest BCUT2D eigenvalue weighted by Gasteiger charge is -2.31. The number of hydrogen-bond donors (Lipinski definition) is 1. The Morgan fingerprint density at radius 3 is 2.79 bits per heavy atom. The number of likely N-dealkylation sites (tertiary alicyclic amines) is 1. The van der Waals surface area contributed by atoms with E-state index < -0.39 is 29.7 Å². The van der Waals surface area contributed by atoms with E-state index in [1.165, 1.54) is 34.4 Å². The average Bonchev–Trinajstić information content (AvgIpc) is 3.22. The van der Waals surface area contributed by atoms with E-state index in [0.29, 0.717) is 19.4 Å². The SMILES string of the molecule is CCOC(=O)C1CCCN(C(=O)Nc2ccc(-n3cncn3)cc2C(F)(F)F)C1. The first-order valence-corrected chi connectivity index (χ1v) is 9.08. The van der Waals surface area contributed by atoms with Crippen molar-refractivity contribution < 1.29 is 27.5 Å². The third-order valence-electron chi connectivity index (χ3n) is 4.56. The summed E-state index contributed by atoms with van der Waals surface area (Å²) >= 11 is 0. The van der Waals surface area contributed by atoms with Gasteiger partial charge in [-0.05, 0) is 38.0 Å². The maximum absolute atomic E-state index is 13.5. The molecule has 1 aliphatic rings. The van der Waals surface area contributed by atoms with E-state index in [1.54, 1.807) is 6.92 Å². The fourth-order valence-corrected chi connectivity index (χ4v) is 3.17. The van der Waals surface area contributed by atoms with Crippen molar-refractivity contribution in [1.29, 1.82) is 0 Å². The molecule has 0 aliphatic carbocycles. The van der Waals surface area contributed by atoms with E-state index in [9.17, 15) is 22.8 Å². The lowest BCUT2D eigenvalue weighted by molar-refractivity contribution is -0.149. The van der Waals surface area contributed by atoms with Crippen LogP contribution in [0.15, 0.2) is 30.9 Å². The van der Waals surface area contributed by atoms with Crippen LogP contribution in [0.4, 0.5) is 23.7 Å². The summed E-state index contributed by atoms with van der Waals surface area (Å²) in [5.74, 6) is -0.885. The number of hydrogen-bond acceptors (Lipinski definition) is 5. The number of anilines is 1. The van der Waals surface area contributed by atoms with Gasteiger partial charge in [-0.25, -0.2) is 14.5 Å². The first kappa shape index (κ1) is 20.6. The molecule has 1 unspecified atom stereocenters. The van der Waals surface area contributed by atoms with Crippen LogP contribution < -0.4 is 5.32 Å². The van der Waals surface area contributed by atoms with Crippen LogP contribution in [-0.4, -0.2) is 51.4 Å². The summed E-state index contributed by atoms with van der Waals surface area (Å²) in [7, 11) is 0. The lowest BCUT2D eigenvalue weighted by Crippen LogP contribution is -2.44. The van der Waals surface area contributed by atoms with Gasteiger partial charge < -0.3 is 15.0 Å². The Bertz CT molecular complexity index is 870. The second-order valence-corrected chi connectivity index (χ2v) is 6.54. The van der Waals surface area contributed by atoms with Gasteiger partial charge >= 0.3 is 18.2 Å². The van der Waals surface area contributed by atoms with E-state index >= 15 is 0 Å². The number of aromatic nitrogens is 3. The minimum absolute atomic E-state index is 0.100. The molecular weight excluding hydrogens is 391 g/mol. The van der Waals surface area contributed by atoms with E-state index in [2.05, 4.69) is 15.4 Å². The number of urea groups is 1. The highest BCUT2D eigenvalue weighted by Crippen LogP contribution is 2.36. The number of esters is 1. The molecule has 156 valence electrons. The Morgan fingerprint density at radius 1 is 1.34 bits per heavy atom. The van der Waals surface area contributed by atoms with Crippen LogP contribution in [0, 0.1) is 5.92 Å². The van der Waals surface area contributed by atoms with E-state index in [0.717, 1.165) is 6.07 Å². The first-order chi connectivity index (χ1) is 13.8. The number of carbonyl (C=O) groups is 2. The molecule has 1 N–H and O–H groups in total. The Labute approximate surface area is 164 Å². The maximum Gasteiger partial charge on any atom is 0.418 e. The summed E-state index contributed by atoms with van der Waals surface area (Å²) in [5, 5.41) is 6.13. The number of amides is 2. The average molecular weight is 411 g/mol. The van der Waals surface area contributed by atoms with Crippen molar-refractivity contribution in [1.82, 2.24) is 19.7 Å². The van der Waals surface area contributed by atoms with Gasteiger partial charge in [0.25, 0.3) is 0 Å². The van der Waals surface area contributed by atoms with Crippen LogP contribution in [0.25, 0.3) is 5.69 Å². The number of benzene rings is 1. The molecule has 0 spiro atoms. The standard InChI is InChI=1S/C18H20F3N5O3/c1-2-29-16(27)12-4-3-7-25(9-12)17(28)24-15-6-5-13(26-11-22-10-23-26)8-14(15)18(19,20)21/h5-6,8,10-12H,2-4,7,9H2,1H3,(H,24,28). The quantitative estimate of drug-likeness (QED) is 0.781. The number of ether oxygens (including phenoxy) is 1. The van der Waals surface area contributed by atoms with Gasteiger partial charge in [0.05, 0.1) is 29.5 Å². The molecule has 1 aromatic heterocycles. The van der Waals surface area contributed by atoms with Gasteiger partial charge in [0.1, 0.15) is 12.7 Å². The van der Waals surface area contributed by atoms with Crippen molar-refractivity contribution in [3.8, 4) is 5.69 Å². The normalized spacial score (nSPS) is 17.1. The van der Waals surface area contributed by atoms with Crippen molar-refractivity contribution in [2.24, 2.45) is 5.92 Å². The van der Waals surface area contributed by atoms with E-state index in [1.807, 2.05) is 0 Å². The van der Waals surface area contributed by atoms with Gasteiger partial charge in [-0.2, -0.15) is 18.3 Å². The number of rotatable bonds is 4. The highest BCUT2D eigenvalue weighted by Gasteiger charge is 2.35. The van der Waals surface area contributed by atoms with Crippen molar-refractivity contribution in [2.75, 3.05) is 25.0 Å². The van der Waals surface area contributed by atoms with E-state index in [4.69, 9.17) is 4.74 Å². The molecule has 2 amide bonds. The predicted octanol–water partition coefficient (Wildman–Crippen LogP) is 3.09. The second kappa shape index (κ2) is 8.50. The number of halogens is 3. The number of alkyl halides is 3. The molecule has 1 saturated heterocycles. The van der Waals surface area contributed by atoms with Crippen LogP contribution in [-0.2, 0) is 15.7 Å². The fourth-order valence-electron chi connectivity index (χ4n) is 3.17. The van der Waals surface area contributed by atoms with Crippen molar-refractivity contribution in [2.45, 2.75) is 25.9 Å². The Hall–Kier alpha value is -3.11. The molecular formula is C18H20F3N5O3. The van der Waals surface area contributed by atoms with Crippen LogP contribution in [0.1, 0.15) is 25.3 Å². The minimum Gasteiger partial charge on any atom is -0.466 e. The molecule has 2 aromatic rings. The number of carbonyl (C=O) groups excluding carboxylic acids is 2. The fraction of sp³-hybridized carbons (Fsp3) is 0.444. The van der Waals surface area contributed by atoms with Crippen LogP contribution in [0.5, 0.6) is 0 Å². The maximum atomic E-state index is 13.5. The summed E-state index contributed by atoms with van der Waals surface area (Å²) in [6.07, 6.45) is -1.07. The Kier molecular flexibility index (Phi) is 6.04. The predicted molar refractivity (Wildman–Crippen MR) is 96.3 cm³/mol. The highest BCUT2D eigenvalue weighted by atomic mass is 19.4. The van der Waals surface area contributed by atoms with Crippen LogP contribution >= 0.6 is 0 Å². The molecule has 1 fully saturated rings. The van der Waals surface area contributed by atoms with E-state index in [-0.39, 0.29) is 24.5 Å². The highest BCUT2D eigenvalue weighted by molar-refractivity contribution is 5.91. The third kappa shape index (κ3) is 4.84. The molecule has 0 bridgehead atoms. The monoisotopic (exact) mass is 411 g/mol. The molecule has 29 heavy (non-hydrogen) atoms. The van der Waals surface area contributed by atoms with Crippen molar-refractivity contribution >= 4 is 17.7 Å². The molecule has 0 saturated carbocycles. The largest absolute Gasteiger partial charge is 0.466 e. The van der Waals surface area contributed by atoms with Gasteiger partial charge in [0.2, 0.25) is 0 Å². The molecule has 2 heterocycles. The van der Waals surface area contributed by atoms with Crippen molar-refractivity contribution in [3.63, 3.8) is 0 Å². The number of nitrogens with one attached hydrogen (secondary N) is 1. The summed E-state index contributed by atoms with van der Waals surface area (Å²) in [6.45, 7) is 2.37. The van der Waals surface area contributed by atoms with Gasteiger partial charge in [-0.3, -0.25) is 4.79 Å². The van der Waals surface area contributed by atoms with Crippen LogP contribution in [0.2, 0.25) is 0 Å². The zero-order chi connectivity index (χ0) is 21.0. The minimum atomic E-state index is -4.69. The Morgan fingerprint density at radius 2 is 2.14 bits per heavy atom. The summed E-state index contributed by atoms with van der Waals surface area (Å²) in [4.78, 5) is 29.5. The van der Waals surface area contributed by atoms with Gasteiger partial charge in [0.15, 0.2) is 0 Å². The van der Waals surface area contributed by atoms with Gasteiger partial charge in [0, 0.05) is 13.1 Å². The third-order valence-corrected chi connectivity index (χ3v) is 4.56. The van der Waals surface area contributed by atoms with Gasteiger partial charge in [-0.15, -0.1) is 0 Å². The second-order valence-electron chi connectivity index (χ2n) is 6.54. The van der Waals surface area contributed by atoms with Crippen molar-refractivity contribution in [3.05, 3.63) is 36.4 Å². The molecule has 8 nitrogen and oxygen atoms in total. The Balaban J connectivity index is 1.78. The summed E-state index contributed by atoms with van der Waals surface area (Å²) in [6, 6.07) is 2.77. The molecule has 1 atom stereocenters. The topological polar surface area (TPSA) is 89.4 Å². The molecule has 1 aromatic carbocycles. The lowest BCUT2D eigenvalue weighted by atomic mass is 9.98. The zero-order valence-electron chi connectivity index (χ0n) is 15.6. The first-order valence-electron chi connectivity index (χ1n) is 9.08. The van der Waals surface area contributed by atoms with Gasteiger partial charge in [-0.1, -0.05) is 0 Å². The molecule has 3 rings (SSSR count). The molecule has 11 heteroatoms. The number of piperidine rings is 1.